The summed E-state index contributed by atoms with van der Waals surface area (Å²) < 4.78 is 29.4. The zero-order valence-electron chi connectivity index (χ0n) is 13.1. The Kier molecular flexibility index (Phi) is 5.77. The number of likely N-dealkylation sites (N-methyl/N-ethyl adjacent to an activating group) is 1. The number of thiophene rings is 1. The molecule has 0 bridgehead atoms. The number of hydrogen-bond acceptors (Lipinski definition) is 6. The third-order valence-corrected chi connectivity index (χ3v) is 5.69. The Labute approximate surface area is 139 Å². The fourth-order valence-electron chi connectivity index (χ4n) is 2.46. The average molecular weight is 360 g/mol. The SMILES string of the molecule is CN(Cc1ccsc1)C(=O)COC(=O)[C@@H]1CCCN1S(C)(=O)=O. The van der Waals surface area contributed by atoms with Crippen LogP contribution in [0.1, 0.15) is 18.4 Å². The minimum Gasteiger partial charge on any atom is -0.454 e. The van der Waals surface area contributed by atoms with Crippen molar-refractivity contribution >= 4 is 33.2 Å². The number of amides is 1. The molecule has 7 nitrogen and oxygen atoms in total. The van der Waals surface area contributed by atoms with E-state index in [4.69, 9.17) is 4.74 Å². The molecule has 1 aliphatic heterocycles. The third kappa shape index (κ3) is 4.76. The molecular weight excluding hydrogens is 340 g/mol. The predicted molar refractivity (Wildman–Crippen MR) is 86.3 cm³/mol. The highest BCUT2D eigenvalue weighted by Crippen LogP contribution is 2.21. The van der Waals surface area contributed by atoms with Gasteiger partial charge < -0.3 is 9.64 Å². The van der Waals surface area contributed by atoms with E-state index < -0.39 is 22.0 Å². The quantitative estimate of drug-likeness (QED) is 0.697. The molecule has 0 spiro atoms. The van der Waals surface area contributed by atoms with Crippen LogP contribution in [0.3, 0.4) is 0 Å². The van der Waals surface area contributed by atoms with E-state index in [1.807, 2.05) is 16.8 Å². The monoisotopic (exact) mass is 360 g/mol. The molecule has 2 heterocycles. The van der Waals surface area contributed by atoms with Gasteiger partial charge in [-0.3, -0.25) is 9.59 Å². The van der Waals surface area contributed by atoms with Gasteiger partial charge in [-0.25, -0.2) is 8.42 Å². The minimum absolute atomic E-state index is 0.310. The fraction of sp³-hybridized carbons (Fsp3) is 0.571. The maximum Gasteiger partial charge on any atom is 0.324 e. The Morgan fingerprint density at radius 1 is 1.48 bits per heavy atom. The summed E-state index contributed by atoms with van der Waals surface area (Å²) in [5.41, 5.74) is 1.01. The van der Waals surface area contributed by atoms with Crippen LogP contribution in [-0.4, -0.2) is 62.0 Å². The Hall–Kier alpha value is -1.45. The van der Waals surface area contributed by atoms with E-state index in [2.05, 4.69) is 0 Å². The molecule has 1 atom stereocenters. The maximum atomic E-state index is 12.0. The molecule has 1 aliphatic rings. The molecule has 0 radical (unpaired) electrons. The Morgan fingerprint density at radius 3 is 2.83 bits per heavy atom. The molecule has 128 valence electrons. The van der Waals surface area contributed by atoms with Gasteiger partial charge in [-0.15, -0.1) is 0 Å². The zero-order chi connectivity index (χ0) is 17.0. The van der Waals surface area contributed by atoms with E-state index in [9.17, 15) is 18.0 Å². The van der Waals surface area contributed by atoms with Gasteiger partial charge in [-0.1, -0.05) is 0 Å². The van der Waals surface area contributed by atoms with E-state index in [-0.39, 0.29) is 12.5 Å². The smallest absolute Gasteiger partial charge is 0.324 e. The number of carbonyl (C=O) groups excluding carboxylic acids is 2. The largest absolute Gasteiger partial charge is 0.454 e. The fourth-order valence-corrected chi connectivity index (χ4v) is 4.23. The van der Waals surface area contributed by atoms with Gasteiger partial charge in [0.2, 0.25) is 10.0 Å². The van der Waals surface area contributed by atoms with E-state index in [1.54, 1.807) is 18.4 Å². The second-order valence-corrected chi connectivity index (χ2v) is 8.24. The molecular formula is C14H20N2O5S2. The van der Waals surface area contributed by atoms with Crippen LogP contribution in [0.5, 0.6) is 0 Å². The Morgan fingerprint density at radius 2 is 2.22 bits per heavy atom. The Balaban J connectivity index is 1.85. The lowest BCUT2D eigenvalue weighted by Gasteiger charge is -2.21. The molecule has 1 amide bonds. The van der Waals surface area contributed by atoms with Crippen LogP contribution < -0.4 is 0 Å². The van der Waals surface area contributed by atoms with Gasteiger partial charge in [0.1, 0.15) is 6.04 Å². The summed E-state index contributed by atoms with van der Waals surface area (Å²) in [5, 5.41) is 3.87. The molecule has 0 unspecified atom stereocenters. The number of esters is 1. The van der Waals surface area contributed by atoms with Crippen LogP contribution in [0.2, 0.25) is 0 Å². The highest BCUT2D eigenvalue weighted by atomic mass is 32.2. The molecule has 1 aromatic heterocycles. The number of nitrogens with zero attached hydrogens (tertiary/aromatic N) is 2. The van der Waals surface area contributed by atoms with Gasteiger partial charge in [0.15, 0.2) is 6.61 Å². The second-order valence-electron chi connectivity index (χ2n) is 5.52. The lowest BCUT2D eigenvalue weighted by atomic mass is 10.2. The van der Waals surface area contributed by atoms with Crippen LogP contribution in [0.4, 0.5) is 0 Å². The minimum atomic E-state index is -3.45. The number of hydrogen-bond donors (Lipinski definition) is 0. The maximum absolute atomic E-state index is 12.0. The standard InChI is InChI=1S/C14H20N2O5S2/c1-15(8-11-5-7-22-10-11)13(17)9-21-14(18)12-4-3-6-16(12)23(2,19)20/h5,7,10,12H,3-4,6,8-9H2,1-2H3/t12-/m0/s1. The normalized spacial score (nSPS) is 18.8. The summed E-state index contributed by atoms with van der Waals surface area (Å²) in [7, 11) is -1.82. The summed E-state index contributed by atoms with van der Waals surface area (Å²) in [5.74, 6) is -0.987. The van der Waals surface area contributed by atoms with Crippen molar-refractivity contribution in [3.05, 3.63) is 22.4 Å². The first kappa shape index (κ1) is 17.9. The average Bonchev–Trinajstić information content (AvgIpc) is 3.14. The molecule has 1 aromatic rings. The van der Waals surface area contributed by atoms with Gasteiger partial charge in [0.25, 0.3) is 5.91 Å². The summed E-state index contributed by atoms with van der Waals surface area (Å²) in [6.45, 7) is 0.372. The van der Waals surface area contributed by atoms with Crippen molar-refractivity contribution in [3.8, 4) is 0 Å². The summed E-state index contributed by atoms with van der Waals surface area (Å²) in [4.78, 5) is 25.5. The zero-order valence-corrected chi connectivity index (χ0v) is 14.7. The van der Waals surface area contributed by atoms with Crippen LogP contribution in [0.25, 0.3) is 0 Å². The predicted octanol–water partition coefficient (Wildman–Crippen LogP) is 0.674. The summed E-state index contributed by atoms with van der Waals surface area (Å²) in [6, 6.07) is 1.10. The van der Waals surface area contributed by atoms with Crippen LogP contribution in [-0.2, 0) is 30.9 Å². The second kappa shape index (κ2) is 7.41. The first-order chi connectivity index (χ1) is 10.8. The molecule has 0 aliphatic carbocycles. The van der Waals surface area contributed by atoms with Crippen molar-refractivity contribution in [1.29, 1.82) is 0 Å². The molecule has 1 saturated heterocycles. The number of carbonyl (C=O) groups is 2. The molecule has 1 fully saturated rings. The van der Waals surface area contributed by atoms with E-state index >= 15 is 0 Å². The van der Waals surface area contributed by atoms with Crippen molar-refractivity contribution in [3.63, 3.8) is 0 Å². The van der Waals surface area contributed by atoms with Crippen molar-refractivity contribution in [2.45, 2.75) is 25.4 Å². The third-order valence-electron chi connectivity index (χ3n) is 3.67. The number of ether oxygens (including phenoxy) is 1. The molecule has 2 rings (SSSR count). The number of rotatable bonds is 6. The first-order valence-electron chi connectivity index (χ1n) is 7.17. The first-order valence-corrected chi connectivity index (χ1v) is 9.96. The molecule has 0 N–H and O–H groups in total. The van der Waals surface area contributed by atoms with Gasteiger partial charge >= 0.3 is 5.97 Å². The Bertz CT molecular complexity index is 657. The van der Waals surface area contributed by atoms with Crippen molar-refractivity contribution in [2.75, 3.05) is 26.5 Å². The van der Waals surface area contributed by atoms with E-state index in [1.165, 1.54) is 4.90 Å². The lowest BCUT2D eigenvalue weighted by molar-refractivity contribution is -0.154. The molecule has 23 heavy (non-hydrogen) atoms. The van der Waals surface area contributed by atoms with Gasteiger partial charge in [-0.05, 0) is 35.2 Å². The molecule has 0 aromatic carbocycles. The number of sulfonamides is 1. The summed E-state index contributed by atoms with van der Waals surface area (Å²) in [6.07, 6.45) is 2.10. The molecule has 0 saturated carbocycles. The van der Waals surface area contributed by atoms with Crippen LogP contribution in [0.15, 0.2) is 16.8 Å². The van der Waals surface area contributed by atoms with Crippen molar-refractivity contribution in [2.24, 2.45) is 0 Å². The van der Waals surface area contributed by atoms with Gasteiger partial charge in [0, 0.05) is 20.1 Å². The van der Waals surface area contributed by atoms with E-state index in [0.29, 0.717) is 25.9 Å². The van der Waals surface area contributed by atoms with Crippen LogP contribution in [0, 0.1) is 0 Å². The van der Waals surface area contributed by atoms with E-state index in [0.717, 1.165) is 16.1 Å². The highest BCUT2D eigenvalue weighted by Gasteiger charge is 2.37. The topological polar surface area (TPSA) is 84.0 Å². The lowest BCUT2D eigenvalue weighted by Crippen LogP contribution is -2.42. The highest BCUT2D eigenvalue weighted by molar-refractivity contribution is 7.88. The van der Waals surface area contributed by atoms with Gasteiger partial charge in [0.05, 0.1) is 6.26 Å². The van der Waals surface area contributed by atoms with Gasteiger partial charge in [-0.2, -0.15) is 15.6 Å². The van der Waals surface area contributed by atoms with Crippen LogP contribution >= 0.6 is 11.3 Å². The van der Waals surface area contributed by atoms with Crippen molar-refractivity contribution in [1.82, 2.24) is 9.21 Å². The summed E-state index contributed by atoms with van der Waals surface area (Å²) >= 11 is 1.55. The van der Waals surface area contributed by atoms with Crippen molar-refractivity contribution < 1.29 is 22.7 Å². The molecule has 9 heteroatoms.